The lowest BCUT2D eigenvalue weighted by molar-refractivity contribution is 0.0682. The molecule has 110 valence electrons. The molecule has 2 aromatic rings. The van der Waals surface area contributed by atoms with E-state index < -0.39 is 5.97 Å². The summed E-state index contributed by atoms with van der Waals surface area (Å²) in [6, 6.07) is 7.33. The molecule has 5 nitrogen and oxygen atoms in total. The highest BCUT2D eigenvalue weighted by atomic mass is 16.5. The van der Waals surface area contributed by atoms with E-state index in [0.717, 1.165) is 5.39 Å². The molecule has 0 unspecified atom stereocenters. The second kappa shape index (κ2) is 6.08. The molecule has 0 radical (unpaired) electrons. The Morgan fingerprint density at radius 1 is 1.19 bits per heavy atom. The Morgan fingerprint density at radius 2 is 1.95 bits per heavy atom. The molecule has 1 aromatic carbocycles. The maximum atomic E-state index is 11.1. The van der Waals surface area contributed by atoms with Gasteiger partial charge in [0.25, 0.3) is 0 Å². The van der Waals surface area contributed by atoms with Crippen molar-refractivity contribution in [3.63, 3.8) is 0 Å². The van der Waals surface area contributed by atoms with E-state index in [1.807, 2.05) is 18.2 Å². The fourth-order valence-corrected chi connectivity index (χ4v) is 2.80. The Morgan fingerprint density at radius 3 is 2.71 bits per heavy atom. The molecule has 0 amide bonds. The van der Waals surface area contributed by atoms with Crippen molar-refractivity contribution < 1.29 is 14.6 Å². The molecular formula is C16H18N2O3. The van der Waals surface area contributed by atoms with Gasteiger partial charge in [-0.05, 0) is 30.9 Å². The summed E-state index contributed by atoms with van der Waals surface area (Å²) in [6.07, 6.45) is 6.15. The van der Waals surface area contributed by atoms with Crippen molar-refractivity contribution in [1.82, 2.24) is 9.97 Å². The van der Waals surface area contributed by atoms with Crippen LogP contribution < -0.4 is 4.74 Å². The number of carboxylic acids is 1. The number of nitrogens with zero attached hydrogens (tertiary/aromatic N) is 2. The van der Waals surface area contributed by atoms with Gasteiger partial charge >= 0.3 is 5.97 Å². The minimum absolute atomic E-state index is 0.215. The number of carbonyl (C=O) groups is 1. The number of aromatic carboxylic acids is 1. The van der Waals surface area contributed by atoms with Crippen LogP contribution in [-0.4, -0.2) is 27.7 Å². The minimum Gasteiger partial charge on any atom is -0.477 e. The van der Waals surface area contributed by atoms with Crippen LogP contribution in [0.1, 0.15) is 42.7 Å². The van der Waals surface area contributed by atoms with Crippen LogP contribution in [0.15, 0.2) is 24.3 Å². The normalized spacial score (nSPS) is 16.0. The number of benzene rings is 1. The molecule has 1 heterocycles. The summed E-state index contributed by atoms with van der Waals surface area (Å²) in [5.74, 6) is -0.431. The van der Waals surface area contributed by atoms with E-state index in [-0.39, 0.29) is 5.82 Å². The summed E-state index contributed by atoms with van der Waals surface area (Å²) < 4.78 is 5.84. The number of para-hydroxylation sites is 1. The van der Waals surface area contributed by atoms with E-state index in [4.69, 9.17) is 9.84 Å². The second-order valence-corrected chi connectivity index (χ2v) is 5.49. The molecule has 0 bridgehead atoms. The average molecular weight is 286 g/mol. The maximum absolute atomic E-state index is 11.1. The fourth-order valence-electron chi connectivity index (χ4n) is 2.80. The third kappa shape index (κ3) is 3.12. The van der Waals surface area contributed by atoms with Gasteiger partial charge in [0.2, 0.25) is 11.7 Å². The molecule has 21 heavy (non-hydrogen) atoms. The first-order valence-electron chi connectivity index (χ1n) is 7.37. The van der Waals surface area contributed by atoms with E-state index in [2.05, 4.69) is 9.97 Å². The van der Waals surface area contributed by atoms with Crippen LogP contribution in [0.2, 0.25) is 0 Å². The summed E-state index contributed by atoms with van der Waals surface area (Å²) in [5, 5.41) is 9.87. The fraction of sp³-hybridized carbons (Fsp3) is 0.438. The largest absolute Gasteiger partial charge is 0.477 e. The van der Waals surface area contributed by atoms with E-state index >= 15 is 0 Å². The molecule has 5 heteroatoms. The summed E-state index contributed by atoms with van der Waals surface area (Å²) in [5.41, 5.74) is 0.601. The Labute approximate surface area is 123 Å². The van der Waals surface area contributed by atoms with Crippen LogP contribution in [0, 0.1) is 5.92 Å². The monoisotopic (exact) mass is 286 g/mol. The number of carboxylic acid groups (broad SMARTS) is 1. The summed E-state index contributed by atoms with van der Waals surface area (Å²) in [7, 11) is 0. The van der Waals surface area contributed by atoms with Crippen molar-refractivity contribution in [3.05, 3.63) is 30.1 Å². The number of hydrogen-bond donors (Lipinski definition) is 1. The van der Waals surface area contributed by atoms with Crippen LogP contribution >= 0.6 is 0 Å². The van der Waals surface area contributed by atoms with E-state index in [9.17, 15) is 4.79 Å². The van der Waals surface area contributed by atoms with Crippen molar-refractivity contribution in [3.8, 4) is 5.88 Å². The van der Waals surface area contributed by atoms with E-state index in [1.165, 1.54) is 32.1 Å². The molecule has 1 aliphatic carbocycles. The van der Waals surface area contributed by atoms with E-state index in [0.29, 0.717) is 23.9 Å². The van der Waals surface area contributed by atoms with Gasteiger partial charge in [0.1, 0.15) is 0 Å². The molecule has 0 saturated heterocycles. The number of fused-ring (bicyclic) bond motifs is 1. The quantitative estimate of drug-likeness (QED) is 0.933. The lowest BCUT2D eigenvalue weighted by Crippen LogP contribution is -2.16. The molecule has 0 spiro atoms. The number of ether oxygens (including phenoxy) is 1. The molecule has 3 rings (SSSR count). The van der Waals surface area contributed by atoms with Crippen molar-refractivity contribution in [2.24, 2.45) is 5.92 Å². The molecule has 1 saturated carbocycles. The van der Waals surface area contributed by atoms with E-state index in [1.54, 1.807) is 6.07 Å². The lowest BCUT2D eigenvalue weighted by atomic mass is 9.90. The third-order valence-electron chi connectivity index (χ3n) is 3.94. The van der Waals surface area contributed by atoms with Crippen LogP contribution in [0.5, 0.6) is 5.88 Å². The molecule has 1 N–H and O–H groups in total. The molecular weight excluding hydrogens is 268 g/mol. The van der Waals surface area contributed by atoms with Crippen LogP contribution in [0.25, 0.3) is 10.9 Å². The molecule has 1 fully saturated rings. The zero-order valence-electron chi connectivity index (χ0n) is 11.8. The smallest absolute Gasteiger partial charge is 0.374 e. The Kier molecular flexibility index (Phi) is 3.99. The predicted molar refractivity (Wildman–Crippen MR) is 78.6 cm³/mol. The highest BCUT2D eigenvalue weighted by Gasteiger charge is 2.17. The van der Waals surface area contributed by atoms with Gasteiger partial charge in [-0.3, -0.25) is 0 Å². The minimum atomic E-state index is -1.14. The van der Waals surface area contributed by atoms with Gasteiger partial charge in [-0.2, -0.15) is 4.98 Å². The van der Waals surface area contributed by atoms with Gasteiger partial charge in [-0.15, -0.1) is 0 Å². The Bertz CT molecular complexity index is 651. The first-order valence-corrected chi connectivity index (χ1v) is 7.37. The Hall–Kier alpha value is -2.17. The molecule has 0 aliphatic heterocycles. The highest BCUT2D eigenvalue weighted by molar-refractivity contribution is 5.89. The first-order chi connectivity index (χ1) is 10.2. The number of aromatic nitrogens is 2. The van der Waals surface area contributed by atoms with Gasteiger partial charge in [0, 0.05) is 0 Å². The predicted octanol–water partition coefficient (Wildman–Crippen LogP) is 3.29. The topological polar surface area (TPSA) is 72.3 Å². The van der Waals surface area contributed by atoms with Crippen molar-refractivity contribution in [2.45, 2.75) is 32.1 Å². The molecule has 1 aliphatic rings. The second-order valence-electron chi connectivity index (χ2n) is 5.49. The molecule has 1 aromatic heterocycles. The number of rotatable bonds is 4. The zero-order valence-corrected chi connectivity index (χ0v) is 11.8. The van der Waals surface area contributed by atoms with Crippen molar-refractivity contribution in [2.75, 3.05) is 6.61 Å². The third-order valence-corrected chi connectivity index (χ3v) is 3.94. The van der Waals surface area contributed by atoms with Crippen molar-refractivity contribution in [1.29, 1.82) is 0 Å². The van der Waals surface area contributed by atoms with Crippen LogP contribution in [0.3, 0.4) is 0 Å². The first kappa shape index (κ1) is 13.8. The Balaban J connectivity index is 1.86. The van der Waals surface area contributed by atoms with Crippen LogP contribution in [0.4, 0.5) is 0 Å². The maximum Gasteiger partial charge on any atom is 0.374 e. The SMILES string of the molecule is O=C(O)c1nc(OCC2CCCCC2)c2ccccc2n1. The summed E-state index contributed by atoms with van der Waals surface area (Å²) in [4.78, 5) is 19.2. The van der Waals surface area contributed by atoms with Gasteiger partial charge < -0.3 is 9.84 Å². The van der Waals surface area contributed by atoms with Gasteiger partial charge in [0.05, 0.1) is 17.5 Å². The summed E-state index contributed by atoms with van der Waals surface area (Å²) >= 11 is 0. The highest BCUT2D eigenvalue weighted by Crippen LogP contribution is 2.27. The van der Waals surface area contributed by atoms with Crippen molar-refractivity contribution >= 4 is 16.9 Å². The van der Waals surface area contributed by atoms with Gasteiger partial charge in [-0.25, -0.2) is 9.78 Å². The average Bonchev–Trinajstić information content (AvgIpc) is 2.53. The van der Waals surface area contributed by atoms with Crippen LogP contribution in [-0.2, 0) is 0 Å². The standard InChI is InChI=1S/C16H18N2O3/c19-16(20)14-17-13-9-5-4-8-12(13)15(18-14)21-10-11-6-2-1-3-7-11/h4-5,8-9,11H,1-3,6-7,10H2,(H,19,20). The lowest BCUT2D eigenvalue weighted by Gasteiger charge is -2.21. The summed E-state index contributed by atoms with van der Waals surface area (Å²) in [6.45, 7) is 0.597. The zero-order chi connectivity index (χ0) is 14.7. The van der Waals surface area contributed by atoms with Gasteiger partial charge in [0.15, 0.2) is 0 Å². The van der Waals surface area contributed by atoms with Gasteiger partial charge in [-0.1, -0.05) is 31.4 Å². The number of hydrogen-bond acceptors (Lipinski definition) is 4. The molecule has 0 atom stereocenters.